The Morgan fingerprint density at radius 1 is 1.46 bits per heavy atom. The Hall–Kier alpha value is 0.0300. The lowest BCUT2D eigenvalue weighted by atomic mass is 10.1. The maximum atomic E-state index is 9.73. The molecule has 1 rings (SSSR count). The van der Waals surface area contributed by atoms with Gasteiger partial charge in [-0.05, 0) is 38.9 Å². The molecule has 0 fully saturated rings. The summed E-state index contributed by atoms with van der Waals surface area (Å²) in [5.41, 5.74) is 0.823. The first kappa shape index (κ1) is 11.1. The van der Waals surface area contributed by atoms with Crippen LogP contribution in [0.3, 0.4) is 0 Å². The van der Waals surface area contributed by atoms with Crippen molar-refractivity contribution in [1.29, 1.82) is 0 Å². The topological polar surface area (TPSA) is 45.1 Å². The molecule has 1 heterocycles. The molecule has 1 atom stereocenters. The average molecular weight is 310 g/mol. The van der Waals surface area contributed by atoms with E-state index < -0.39 is 6.10 Å². The molecule has 0 radical (unpaired) electrons. The molecule has 5 heteroatoms. The lowest BCUT2D eigenvalue weighted by Gasteiger charge is -2.13. The highest BCUT2D eigenvalue weighted by molar-refractivity contribution is 9.11. The van der Waals surface area contributed by atoms with Crippen molar-refractivity contribution in [3.05, 3.63) is 26.9 Å². The van der Waals surface area contributed by atoms with Crippen LogP contribution in [0.2, 0.25) is 0 Å². The number of aliphatic hydroxyl groups is 1. The summed E-state index contributed by atoms with van der Waals surface area (Å²) >= 11 is 6.67. The van der Waals surface area contributed by atoms with Gasteiger partial charge >= 0.3 is 0 Å². The minimum atomic E-state index is -0.531. The van der Waals surface area contributed by atoms with Crippen LogP contribution in [0.4, 0.5) is 0 Å². The van der Waals surface area contributed by atoms with Gasteiger partial charge in [0.2, 0.25) is 0 Å². The Morgan fingerprint density at radius 3 is 2.46 bits per heavy atom. The van der Waals surface area contributed by atoms with Crippen molar-refractivity contribution in [2.75, 3.05) is 13.6 Å². The first-order chi connectivity index (χ1) is 6.16. The number of nitrogens with zero attached hydrogens (tertiary/aromatic N) is 1. The monoisotopic (exact) mass is 308 g/mol. The van der Waals surface area contributed by atoms with Crippen LogP contribution in [0.15, 0.2) is 21.3 Å². The summed E-state index contributed by atoms with van der Waals surface area (Å²) in [5.74, 6) is 0. The Labute approximate surface area is 93.8 Å². The molecule has 2 N–H and O–H groups in total. The van der Waals surface area contributed by atoms with Crippen LogP contribution in [0.1, 0.15) is 11.7 Å². The summed E-state index contributed by atoms with van der Waals surface area (Å²) in [6.07, 6.45) is 2.80. The molecule has 0 bridgehead atoms. The zero-order valence-electron chi connectivity index (χ0n) is 7.09. The second-order valence-corrected chi connectivity index (χ2v) is 4.30. The van der Waals surface area contributed by atoms with Gasteiger partial charge in [-0.3, -0.25) is 4.98 Å². The maximum Gasteiger partial charge on any atom is 0.0937 e. The maximum absolute atomic E-state index is 9.73. The van der Waals surface area contributed by atoms with E-state index in [9.17, 15) is 5.11 Å². The number of hydrogen-bond donors (Lipinski definition) is 2. The third-order valence-corrected chi connectivity index (χ3v) is 2.88. The lowest BCUT2D eigenvalue weighted by Crippen LogP contribution is -2.17. The van der Waals surface area contributed by atoms with Crippen molar-refractivity contribution in [3.63, 3.8) is 0 Å². The normalized spacial score (nSPS) is 12.9. The fraction of sp³-hybridized carbons (Fsp3) is 0.375. The molecule has 0 saturated heterocycles. The standard InChI is InChI=1S/C8H10Br2N2O/c1-11-4-7(13)8-5(9)2-12-3-6(8)10/h2-3,7,11,13H,4H2,1H3. The van der Waals surface area contributed by atoms with Crippen molar-refractivity contribution in [2.45, 2.75) is 6.10 Å². The molecule has 0 spiro atoms. The van der Waals surface area contributed by atoms with E-state index in [2.05, 4.69) is 42.2 Å². The highest BCUT2D eigenvalue weighted by Crippen LogP contribution is 2.29. The fourth-order valence-electron chi connectivity index (χ4n) is 1.04. The van der Waals surface area contributed by atoms with Crippen molar-refractivity contribution in [1.82, 2.24) is 10.3 Å². The Bertz CT molecular complexity index is 273. The van der Waals surface area contributed by atoms with E-state index in [1.165, 1.54) is 0 Å². The predicted molar refractivity (Wildman–Crippen MR) is 58.5 cm³/mol. The van der Waals surface area contributed by atoms with Gasteiger partial charge in [0.15, 0.2) is 0 Å². The Kier molecular flexibility index (Phi) is 4.31. The van der Waals surface area contributed by atoms with Crippen LogP contribution in [0, 0.1) is 0 Å². The van der Waals surface area contributed by atoms with Gasteiger partial charge in [-0.1, -0.05) is 0 Å². The molecule has 0 amide bonds. The molecule has 72 valence electrons. The number of likely N-dealkylation sites (N-methyl/N-ethyl adjacent to an activating group) is 1. The quantitative estimate of drug-likeness (QED) is 0.896. The SMILES string of the molecule is CNCC(O)c1c(Br)cncc1Br. The minimum Gasteiger partial charge on any atom is -0.387 e. The van der Waals surface area contributed by atoms with Crippen molar-refractivity contribution in [3.8, 4) is 0 Å². The van der Waals surface area contributed by atoms with Crippen LogP contribution in [0.5, 0.6) is 0 Å². The molecule has 1 aromatic heterocycles. The smallest absolute Gasteiger partial charge is 0.0937 e. The summed E-state index contributed by atoms with van der Waals surface area (Å²) in [4.78, 5) is 3.96. The minimum absolute atomic E-state index is 0.515. The second kappa shape index (κ2) is 5.05. The Balaban J connectivity index is 2.98. The van der Waals surface area contributed by atoms with Crippen LogP contribution < -0.4 is 5.32 Å². The molecule has 0 aliphatic heterocycles. The summed E-state index contributed by atoms with van der Waals surface area (Å²) in [6.45, 7) is 0.515. The summed E-state index contributed by atoms with van der Waals surface area (Å²) < 4.78 is 1.62. The molecule has 3 nitrogen and oxygen atoms in total. The molecule has 13 heavy (non-hydrogen) atoms. The van der Waals surface area contributed by atoms with Gasteiger partial charge in [0, 0.05) is 33.4 Å². The van der Waals surface area contributed by atoms with E-state index in [-0.39, 0.29) is 0 Å². The highest BCUT2D eigenvalue weighted by atomic mass is 79.9. The predicted octanol–water partition coefficient (Wildman–Crippen LogP) is 1.86. The number of aromatic nitrogens is 1. The van der Waals surface area contributed by atoms with E-state index >= 15 is 0 Å². The zero-order chi connectivity index (χ0) is 9.84. The highest BCUT2D eigenvalue weighted by Gasteiger charge is 2.13. The van der Waals surface area contributed by atoms with Gasteiger partial charge in [0.05, 0.1) is 6.10 Å². The number of halogens is 2. The lowest BCUT2D eigenvalue weighted by molar-refractivity contribution is 0.176. The number of pyridine rings is 1. The Morgan fingerprint density at radius 2 is 2.00 bits per heavy atom. The molecular formula is C8H10Br2N2O. The molecule has 0 aromatic carbocycles. The van der Waals surface area contributed by atoms with Gasteiger partial charge < -0.3 is 10.4 Å². The first-order valence-electron chi connectivity index (χ1n) is 3.78. The van der Waals surface area contributed by atoms with Gasteiger partial charge in [0.1, 0.15) is 0 Å². The van der Waals surface area contributed by atoms with Crippen LogP contribution >= 0.6 is 31.9 Å². The average Bonchev–Trinajstić information content (AvgIpc) is 2.04. The van der Waals surface area contributed by atoms with Crippen LogP contribution in [0.25, 0.3) is 0 Å². The second-order valence-electron chi connectivity index (χ2n) is 2.59. The van der Waals surface area contributed by atoms with E-state index in [0.29, 0.717) is 6.54 Å². The molecule has 0 aliphatic carbocycles. The number of nitrogens with one attached hydrogen (secondary N) is 1. The zero-order valence-corrected chi connectivity index (χ0v) is 10.3. The summed E-state index contributed by atoms with van der Waals surface area (Å²) in [6, 6.07) is 0. The van der Waals surface area contributed by atoms with Gasteiger partial charge in [-0.2, -0.15) is 0 Å². The van der Waals surface area contributed by atoms with Crippen LogP contribution in [-0.2, 0) is 0 Å². The van der Waals surface area contributed by atoms with E-state index in [0.717, 1.165) is 14.5 Å². The van der Waals surface area contributed by atoms with Crippen molar-refractivity contribution < 1.29 is 5.11 Å². The number of aliphatic hydroxyl groups excluding tert-OH is 1. The third kappa shape index (κ3) is 2.74. The molecule has 0 aliphatic rings. The molecular weight excluding hydrogens is 300 g/mol. The molecule has 1 unspecified atom stereocenters. The summed E-state index contributed by atoms with van der Waals surface area (Å²) in [7, 11) is 1.80. The third-order valence-electron chi connectivity index (χ3n) is 1.62. The van der Waals surface area contributed by atoms with Crippen molar-refractivity contribution >= 4 is 31.9 Å². The largest absolute Gasteiger partial charge is 0.387 e. The fourth-order valence-corrected chi connectivity index (χ4v) is 2.49. The van der Waals surface area contributed by atoms with Crippen molar-refractivity contribution in [2.24, 2.45) is 0 Å². The van der Waals surface area contributed by atoms with Gasteiger partial charge in [-0.15, -0.1) is 0 Å². The van der Waals surface area contributed by atoms with Gasteiger partial charge in [-0.25, -0.2) is 0 Å². The van der Waals surface area contributed by atoms with Crippen LogP contribution in [-0.4, -0.2) is 23.7 Å². The van der Waals surface area contributed by atoms with E-state index in [4.69, 9.17) is 0 Å². The number of rotatable bonds is 3. The van der Waals surface area contributed by atoms with E-state index in [1.54, 1.807) is 19.4 Å². The summed E-state index contributed by atoms with van der Waals surface area (Å²) in [5, 5.41) is 12.6. The van der Waals surface area contributed by atoms with E-state index in [1.807, 2.05) is 0 Å². The number of hydrogen-bond acceptors (Lipinski definition) is 3. The molecule has 1 aromatic rings. The molecule has 0 saturated carbocycles. The van der Waals surface area contributed by atoms with Gasteiger partial charge in [0.25, 0.3) is 0 Å². The first-order valence-corrected chi connectivity index (χ1v) is 5.37.